The Morgan fingerprint density at radius 1 is 1.26 bits per heavy atom. The third-order valence-corrected chi connectivity index (χ3v) is 3.60. The number of benzene rings is 1. The number of aryl methyl sites for hydroxylation is 1. The lowest BCUT2D eigenvalue weighted by Crippen LogP contribution is -2.30. The lowest BCUT2D eigenvalue weighted by Gasteiger charge is -2.07. The number of fused-ring (bicyclic) bond motifs is 1. The Morgan fingerprint density at radius 3 is 2.83 bits per heavy atom. The van der Waals surface area contributed by atoms with Gasteiger partial charge in [-0.15, -0.1) is 0 Å². The van der Waals surface area contributed by atoms with Gasteiger partial charge in [0, 0.05) is 37.1 Å². The quantitative estimate of drug-likeness (QED) is 0.778. The van der Waals surface area contributed by atoms with Gasteiger partial charge in [0.1, 0.15) is 11.5 Å². The van der Waals surface area contributed by atoms with Gasteiger partial charge < -0.3 is 15.2 Å². The van der Waals surface area contributed by atoms with Crippen LogP contribution in [0.3, 0.4) is 0 Å². The van der Waals surface area contributed by atoms with Crippen molar-refractivity contribution in [1.82, 2.24) is 14.9 Å². The van der Waals surface area contributed by atoms with Crippen LogP contribution in [0.15, 0.2) is 48.8 Å². The standard InChI is InChI=1S/C17H17FN4O/c1-22-11-12(15-3-2-9-19-16(15)22)8-10-20-17(23)21-14-6-4-13(18)5-7-14/h2-7,9,11H,8,10H2,1H3,(H2,20,21,23). The van der Waals surface area contributed by atoms with Gasteiger partial charge in [0.25, 0.3) is 0 Å². The first-order chi connectivity index (χ1) is 11.1. The zero-order chi connectivity index (χ0) is 16.2. The maximum absolute atomic E-state index is 12.8. The van der Waals surface area contributed by atoms with E-state index in [1.165, 1.54) is 24.3 Å². The molecule has 0 fully saturated rings. The molecule has 3 rings (SSSR count). The number of aromatic nitrogens is 2. The Hall–Kier alpha value is -2.89. The Balaban J connectivity index is 1.56. The van der Waals surface area contributed by atoms with E-state index >= 15 is 0 Å². The number of nitrogens with one attached hydrogen (secondary N) is 2. The van der Waals surface area contributed by atoms with Crippen LogP contribution < -0.4 is 10.6 Å². The number of urea groups is 1. The molecule has 0 aliphatic rings. The van der Waals surface area contributed by atoms with Gasteiger partial charge in [-0.1, -0.05) is 0 Å². The molecular weight excluding hydrogens is 295 g/mol. The van der Waals surface area contributed by atoms with Gasteiger partial charge in [-0.05, 0) is 48.4 Å². The van der Waals surface area contributed by atoms with Crippen molar-refractivity contribution < 1.29 is 9.18 Å². The number of halogens is 1. The molecule has 2 heterocycles. The normalized spacial score (nSPS) is 10.7. The van der Waals surface area contributed by atoms with Crippen molar-refractivity contribution in [3.05, 3.63) is 60.2 Å². The van der Waals surface area contributed by atoms with Gasteiger partial charge in [0.05, 0.1) is 0 Å². The Labute approximate surface area is 133 Å². The van der Waals surface area contributed by atoms with Crippen LogP contribution in [0.1, 0.15) is 5.56 Å². The lowest BCUT2D eigenvalue weighted by atomic mass is 10.1. The molecule has 5 nitrogen and oxygen atoms in total. The minimum Gasteiger partial charge on any atom is -0.338 e. The van der Waals surface area contributed by atoms with Crippen molar-refractivity contribution in [2.24, 2.45) is 7.05 Å². The lowest BCUT2D eigenvalue weighted by molar-refractivity contribution is 0.252. The summed E-state index contributed by atoms with van der Waals surface area (Å²) in [5.74, 6) is -0.333. The number of carbonyl (C=O) groups excluding carboxylic acids is 1. The summed E-state index contributed by atoms with van der Waals surface area (Å²) >= 11 is 0. The van der Waals surface area contributed by atoms with Crippen LogP contribution in [-0.4, -0.2) is 22.1 Å². The summed E-state index contributed by atoms with van der Waals surface area (Å²) < 4.78 is 14.8. The van der Waals surface area contributed by atoms with E-state index in [0.717, 1.165) is 16.6 Å². The Morgan fingerprint density at radius 2 is 2.04 bits per heavy atom. The molecule has 0 spiro atoms. The maximum atomic E-state index is 12.8. The monoisotopic (exact) mass is 312 g/mol. The summed E-state index contributed by atoms with van der Waals surface area (Å²) in [5, 5.41) is 6.55. The summed E-state index contributed by atoms with van der Waals surface area (Å²) in [7, 11) is 1.95. The van der Waals surface area contributed by atoms with Crippen molar-refractivity contribution in [2.45, 2.75) is 6.42 Å². The van der Waals surface area contributed by atoms with E-state index in [2.05, 4.69) is 15.6 Å². The molecule has 6 heteroatoms. The number of nitrogens with zero attached hydrogens (tertiary/aromatic N) is 2. The van der Waals surface area contributed by atoms with Gasteiger partial charge in [-0.25, -0.2) is 14.2 Å². The largest absolute Gasteiger partial charge is 0.338 e. The molecule has 2 aromatic heterocycles. The van der Waals surface area contributed by atoms with Crippen molar-refractivity contribution in [3.63, 3.8) is 0 Å². The van der Waals surface area contributed by atoms with Crippen LogP contribution in [0.4, 0.5) is 14.9 Å². The number of anilines is 1. The molecule has 0 saturated carbocycles. The van der Waals surface area contributed by atoms with Crippen LogP contribution in [-0.2, 0) is 13.5 Å². The summed E-state index contributed by atoms with van der Waals surface area (Å²) in [6.07, 6.45) is 4.50. The topological polar surface area (TPSA) is 59.0 Å². The van der Waals surface area contributed by atoms with E-state index < -0.39 is 0 Å². The molecule has 2 amide bonds. The first-order valence-electron chi connectivity index (χ1n) is 7.33. The summed E-state index contributed by atoms with van der Waals surface area (Å²) in [5.41, 5.74) is 2.62. The predicted octanol–water partition coefficient (Wildman–Crippen LogP) is 3.08. The fourth-order valence-electron chi connectivity index (χ4n) is 2.51. The van der Waals surface area contributed by atoms with Crippen LogP contribution in [0, 0.1) is 5.82 Å². The highest BCUT2D eigenvalue weighted by Gasteiger charge is 2.07. The molecule has 3 aromatic rings. The molecule has 118 valence electrons. The maximum Gasteiger partial charge on any atom is 0.319 e. The molecule has 0 unspecified atom stereocenters. The average Bonchev–Trinajstić information content (AvgIpc) is 2.87. The number of hydrogen-bond acceptors (Lipinski definition) is 2. The third kappa shape index (κ3) is 3.48. The summed E-state index contributed by atoms with van der Waals surface area (Å²) in [4.78, 5) is 16.2. The Bertz CT molecular complexity index is 826. The molecule has 0 saturated heterocycles. The highest BCUT2D eigenvalue weighted by Crippen LogP contribution is 2.18. The number of pyridine rings is 1. The molecule has 0 radical (unpaired) electrons. The molecule has 0 aliphatic carbocycles. The van der Waals surface area contributed by atoms with E-state index in [9.17, 15) is 9.18 Å². The van der Waals surface area contributed by atoms with Crippen molar-refractivity contribution in [1.29, 1.82) is 0 Å². The number of rotatable bonds is 4. The minimum absolute atomic E-state index is 0.310. The molecule has 0 aliphatic heterocycles. The van der Waals surface area contributed by atoms with E-state index in [0.29, 0.717) is 18.7 Å². The van der Waals surface area contributed by atoms with Crippen LogP contribution >= 0.6 is 0 Å². The highest BCUT2D eigenvalue weighted by molar-refractivity contribution is 5.89. The van der Waals surface area contributed by atoms with Gasteiger partial charge in [-0.2, -0.15) is 0 Å². The van der Waals surface area contributed by atoms with E-state index in [-0.39, 0.29) is 11.8 Å². The zero-order valence-corrected chi connectivity index (χ0v) is 12.7. The van der Waals surface area contributed by atoms with Crippen molar-refractivity contribution in [2.75, 3.05) is 11.9 Å². The fourth-order valence-corrected chi connectivity index (χ4v) is 2.51. The molecule has 0 bridgehead atoms. The predicted molar refractivity (Wildman–Crippen MR) is 87.8 cm³/mol. The van der Waals surface area contributed by atoms with Crippen molar-refractivity contribution >= 4 is 22.8 Å². The minimum atomic E-state index is -0.333. The van der Waals surface area contributed by atoms with E-state index in [1.807, 2.05) is 29.9 Å². The summed E-state index contributed by atoms with van der Waals surface area (Å²) in [6.45, 7) is 0.501. The first kappa shape index (κ1) is 15.0. The second-order valence-corrected chi connectivity index (χ2v) is 5.28. The molecule has 2 N–H and O–H groups in total. The number of hydrogen-bond donors (Lipinski definition) is 2. The van der Waals surface area contributed by atoms with E-state index in [1.54, 1.807) is 6.20 Å². The fraction of sp³-hybridized carbons (Fsp3) is 0.176. The van der Waals surface area contributed by atoms with Gasteiger partial charge in [0.2, 0.25) is 0 Å². The summed E-state index contributed by atoms with van der Waals surface area (Å²) in [6, 6.07) is 9.26. The average molecular weight is 312 g/mol. The Kier molecular flexibility index (Phi) is 4.23. The second-order valence-electron chi connectivity index (χ2n) is 5.28. The van der Waals surface area contributed by atoms with Gasteiger partial charge in [0.15, 0.2) is 0 Å². The van der Waals surface area contributed by atoms with Crippen LogP contribution in [0.2, 0.25) is 0 Å². The zero-order valence-electron chi connectivity index (χ0n) is 12.7. The smallest absolute Gasteiger partial charge is 0.319 e. The second kappa shape index (κ2) is 6.48. The molecule has 23 heavy (non-hydrogen) atoms. The number of carbonyl (C=O) groups is 1. The highest BCUT2D eigenvalue weighted by atomic mass is 19.1. The first-order valence-corrected chi connectivity index (χ1v) is 7.33. The molecular formula is C17H17FN4O. The molecule has 1 aromatic carbocycles. The van der Waals surface area contributed by atoms with Gasteiger partial charge >= 0.3 is 6.03 Å². The van der Waals surface area contributed by atoms with Crippen LogP contribution in [0.5, 0.6) is 0 Å². The third-order valence-electron chi connectivity index (χ3n) is 3.60. The van der Waals surface area contributed by atoms with Gasteiger partial charge in [-0.3, -0.25) is 0 Å². The SMILES string of the molecule is Cn1cc(CCNC(=O)Nc2ccc(F)cc2)c2cccnc21. The van der Waals surface area contributed by atoms with E-state index in [4.69, 9.17) is 0 Å². The van der Waals surface area contributed by atoms with Crippen LogP contribution in [0.25, 0.3) is 11.0 Å². The number of amides is 2. The van der Waals surface area contributed by atoms with Crippen molar-refractivity contribution in [3.8, 4) is 0 Å². The molecule has 0 atom stereocenters.